The predicted molar refractivity (Wildman–Crippen MR) is 46.4 cm³/mol. The largest absolute Gasteiger partial charge is 0.351 e. The Morgan fingerprint density at radius 2 is 2.36 bits per heavy atom. The van der Waals surface area contributed by atoms with Gasteiger partial charge in [0.15, 0.2) is 0 Å². The van der Waals surface area contributed by atoms with Gasteiger partial charge in [-0.15, -0.1) is 0 Å². The number of rotatable bonds is 3. The molecule has 0 aromatic carbocycles. The van der Waals surface area contributed by atoms with Gasteiger partial charge >= 0.3 is 6.03 Å². The lowest BCUT2D eigenvalue weighted by atomic mass is 10.3. The van der Waals surface area contributed by atoms with Crippen molar-refractivity contribution in [2.45, 2.75) is 6.42 Å². The highest BCUT2D eigenvalue weighted by atomic mass is 16.2. The number of hydrogen-bond donors (Lipinski definition) is 1. The molecule has 0 unspecified atom stereocenters. The summed E-state index contributed by atoms with van der Waals surface area (Å²) in [7, 11) is 0. The Hall–Kier alpha value is -1.85. The van der Waals surface area contributed by atoms with Crippen molar-refractivity contribution >= 4 is 11.9 Å². The molecular weight excluding hydrogens is 184 g/mol. The highest BCUT2D eigenvalue weighted by Crippen LogP contribution is 2.02. The van der Waals surface area contributed by atoms with Gasteiger partial charge in [-0.1, -0.05) is 0 Å². The number of hydrogen-bond acceptors (Lipinski definition) is 3. The van der Waals surface area contributed by atoms with Crippen molar-refractivity contribution in [1.29, 1.82) is 0 Å². The zero-order chi connectivity index (χ0) is 9.97. The second-order valence-corrected chi connectivity index (χ2v) is 3.02. The highest BCUT2D eigenvalue weighted by molar-refractivity contribution is 6.01. The molecule has 6 nitrogen and oxygen atoms in total. The maximum atomic E-state index is 11.1. The number of carbonyl (C=O) groups is 2. The lowest BCUT2D eigenvalue weighted by Gasteiger charge is -2.10. The van der Waals surface area contributed by atoms with E-state index in [9.17, 15) is 9.59 Å². The van der Waals surface area contributed by atoms with Crippen LogP contribution in [0.4, 0.5) is 4.79 Å². The molecule has 0 bridgehead atoms. The van der Waals surface area contributed by atoms with E-state index in [-0.39, 0.29) is 12.5 Å². The zero-order valence-corrected chi connectivity index (χ0v) is 7.43. The van der Waals surface area contributed by atoms with Crippen LogP contribution in [0.15, 0.2) is 12.5 Å². The van der Waals surface area contributed by atoms with E-state index >= 15 is 0 Å². The van der Waals surface area contributed by atoms with Crippen LogP contribution < -0.4 is 5.32 Å². The van der Waals surface area contributed by atoms with Gasteiger partial charge in [-0.05, 0) is 0 Å². The summed E-state index contributed by atoms with van der Waals surface area (Å²) in [6, 6.07) is -0.439. The third kappa shape index (κ3) is 1.73. The molecule has 0 atom stereocenters. The fourth-order valence-corrected chi connectivity index (χ4v) is 1.30. The molecule has 1 fully saturated rings. The molecule has 14 heavy (non-hydrogen) atoms. The molecule has 73 valence electrons. The molecule has 1 aliphatic rings. The first-order chi connectivity index (χ1) is 6.75. The molecular formula is C8H9N4O2. The molecule has 1 aromatic rings. The van der Waals surface area contributed by atoms with Gasteiger partial charge < -0.3 is 9.88 Å². The summed E-state index contributed by atoms with van der Waals surface area (Å²) < 4.78 is 0. The molecule has 6 heteroatoms. The van der Waals surface area contributed by atoms with E-state index in [4.69, 9.17) is 0 Å². The Morgan fingerprint density at radius 1 is 1.50 bits per heavy atom. The van der Waals surface area contributed by atoms with E-state index in [1.807, 2.05) is 0 Å². The van der Waals surface area contributed by atoms with E-state index in [2.05, 4.69) is 15.3 Å². The Balaban J connectivity index is 1.87. The number of nitrogens with one attached hydrogen (secondary N) is 1. The number of imidazole rings is 1. The smallest absolute Gasteiger partial charge is 0.347 e. The molecule has 1 radical (unpaired) electrons. The van der Waals surface area contributed by atoms with Crippen LogP contribution in [-0.2, 0) is 11.2 Å². The summed E-state index contributed by atoms with van der Waals surface area (Å²) in [6.07, 6.45) is 3.98. The number of urea groups is 1. The van der Waals surface area contributed by atoms with E-state index in [0.717, 1.165) is 5.69 Å². The molecule has 1 aliphatic heterocycles. The Morgan fingerprint density at radius 3 is 2.93 bits per heavy atom. The van der Waals surface area contributed by atoms with Crippen LogP contribution in [0.25, 0.3) is 0 Å². The van der Waals surface area contributed by atoms with Crippen LogP contribution in [0.1, 0.15) is 5.69 Å². The summed E-state index contributed by atoms with van der Waals surface area (Å²) in [5.41, 5.74) is 0.872. The molecule has 2 heterocycles. The first-order valence-electron chi connectivity index (χ1n) is 4.27. The second-order valence-electron chi connectivity index (χ2n) is 3.02. The Kier molecular flexibility index (Phi) is 2.18. The third-order valence-corrected chi connectivity index (χ3v) is 2.01. The van der Waals surface area contributed by atoms with Gasteiger partial charge in [0, 0.05) is 19.2 Å². The van der Waals surface area contributed by atoms with Crippen LogP contribution in [0.2, 0.25) is 0 Å². The molecule has 3 amide bonds. The number of amides is 3. The second kappa shape index (κ2) is 3.49. The van der Waals surface area contributed by atoms with Gasteiger partial charge in [-0.2, -0.15) is 5.32 Å². The van der Waals surface area contributed by atoms with Crippen LogP contribution >= 0.6 is 0 Å². The van der Waals surface area contributed by atoms with Crippen molar-refractivity contribution < 1.29 is 9.59 Å². The molecule has 1 saturated heterocycles. The maximum absolute atomic E-state index is 11.1. The molecule has 2 rings (SSSR count). The van der Waals surface area contributed by atoms with Gasteiger partial charge in [-0.25, -0.2) is 9.78 Å². The zero-order valence-electron chi connectivity index (χ0n) is 7.43. The van der Waals surface area contributed by atoms with Crippen LogP contribution in [-0.4, -0.2) is 39.9 Å². The number of carbonyl (C=O) groups excluding carboxylic acids is 2. The van der Waals surface area contributed by atoms with Gasteiger partial charge in [0.05, 0.1) is 12.0 Å². The molecule has 1 aromatic heterocycles. The van der Waals surface area contributed by atoms with E-state index in [1.165, 1.54) is 4.90 Å². The predicted octanol–water partition coefficient (Wildman–Crippen LogP) is -0.481. The van der Waals surface area contributed by atoms with E-state index in [1.54, 1.807) is 12.5 Å². The molecule has 0 spiro atoms. The molecule has 0 saturated carbocycles. The van der Waals surface area contributed by atoms with Crippen molar-refractivity contribution in [3.8, 4) is 0 Å². The lowest BCUT2D eigenvalue weighted by Crippen LogP contribution is -2.28. The van der Waals surface area contributed by atoms with Gasteiger partial charge in [-0.3, -0.25) is 4.79 Å². The van der Waals surface area contributed by atoms with Crippen molar-refractivity contribution in [1.82, 2.24) is 20.2 Å². The maximum Gasteiger partial charge on any atom is 0.347 e. The normalized spacial score (nSPS) is 16.1. The lowest BCUT2D eigenvalue weighted by molar-refractivity contribution is -0.118. The minimum Gasteiger partial charge on any atom is -0.351 e. The van der Waals surface area contributed by atoms with Crippen LogP contribution in [0.3, 0.4) is 0 Å². The summed E-state index contributed by atoms with van der Waals surface area (Å²) in [5.74, 6) is -0.364. The summed E-state index contributed by atoms with van der Waals surface area (Å²) >= 11 is 0. The van der Waals surface area contributed by atoms with Crippen LogP contribution in [0.5, 0.6) is 0 Å². The van der Waals surface area contributed by atoms with Gasteiger partial charge in [0.2, 0.25) is 0 Å². The first kappa shape index (κ1) is 8.74. The van der Waals surface area contributed by atoms with Crippen molar-refractivity contribution in [2.24, 2.45) is 0 Å². The average molecular weight is 193 g/mol. The number of aromatic amines is 1. The fourth-order valence-electron chi connectivity index (χ4n) is 1.30. The fraction of sp³-hybridized carbons (Fsp3) is 0.375. The van der Waals surface area contributed by atoms with Crippen molar-refractivity contribution in [3.05, 3.63) is 18.2 Å². The van der Waals surface area contributed by atoms with Crippen molar-refractivity contribution in [3.63, 3.8) is 0 Å². The highest BCUT2D eigenvalue weighted by Gasteiger charge is 2.28. The van der Waals surface area contributed by atoms with Gasteiger partial charge in [0.25, 0.3) is 5.91 Å². The Bertz CT molecular complexity index is 346. The molecule has 1 N–H and O–H groups in total. The summed E-state index contributed by atoms with van der Waals surface area (Å²) in [6.45, 7) is 0.585. The first-order valence-corrected chi connectivity index (χ1v) is 4.27. The minimum atomic E-state index is -0.439. The summed E-state index contributed by atoms with van der Waals surface area (Å²) in [4.78, 5) is 30.1. The monoisotopic (exact) mass is 193 g/mol. The van der Waals surface area contributed by atoms with E-state index < -0.39 is 6.03 Å². The summed E-state index contributed by atoms with van der Waals surface area (Å²) in [5, 5.41) is 3.29. The SMILES string of the molecule is O=C1CN(CCc2c[nH]cn2)C(=O)[N]1. The molecule has 0 aliphatic carbocycles. The Labute approximate surface area is 80.3 Å². The standard InChI is InChI=1S/C8H9N4O2/c13-7-4-12(8(14)11-7)2-1-6-3-9-5-10-6/h3,5H,1-2,4H2,(H,9,10). The number of aromatic nitrogens is 2. The number of nitrogens with zero attached hydrogens (tertiary/aromatic N) is 3. The minimum absolute atomic E-state index is 0.100. The number of H-pyrrole nitrogens is 1. The number of imide groups is 1. The topological polar surface area (TPSA) is 80.2 Å². The third-order valence-electron chi connectivity index (χ3n) is 2.01. The average Bonchev–Trinajstić information content (AvgIpc) is 2.72. The van der Waals surface area contributed by atoms with E-state index in [0.29, 0.717) is 13.0 Å². The van der Waals surface area contributed by atoms with Crippen LogP contribution in [0, 0.1) is 0 Å². The van der Waals surface area contributed by atoms with Gasteiger partial charge in [0.1, 0.15) is 6.54 Å². The van der Waals surface area contributed by atoms with Crippen molar-refractivity contribution in [2.75, 3.05) is 13.1 Å². The quantitative estimate of drug-likeness (QED) is 0.658.